The molecular formula is C9H11ClO2S. The van der Waals surface area contributed by atoms with Crippen molar-refractivity contribution >= 4 is 22.9 Å². The van der Waals surface area contributed by atoms with E-state index in [2.05, 4.69) is 13.0 Å². The fraction of sp³-hybridized carbons (Fsp3) is 0.556. The van der Waals surface area contributed by atoms with Gasteiger partial charge in [0.2, 0.25) is 0 Å². The van der Waals surface area contributed by atoms with Gasteiger partial charge in [0, 0.05) is 4.88 Å². The molecule has 0 amide bonds. The van der Waals surface area contributed by atoms with E-state index in [0.717, 1.165) is 4.88 Å². The van der Waals surface area contributed by atoms with Gasteiger partial charge in [-0.3, -0.25) is 0 Å². The highest BCUT2D eigenvalue weighted by atomic mass is 35.5. The minimum absolute atomic E-state index is 0.0501. The van der Waals surface area contributed by atoms with Gasteiger partial charge in [0.15, 0.2) is 6.29 Å². The first-order chi connectivity index (χ1) is 6.29. The van der Waals surface area contributed by atoms with Gasteiger partial charge in [-0.15, -0.1) is 22.9 Å². The van der Waals surface area contributed by atoms with E-state index in [9.17, 15) is 0 Å². The first-order valence-corrected chi connectivity index (χ1v) is 5.54. The topological polar surface area (TPSA) is 18.5 Å². The first kappa shape index (κ1) is 9.46. The second-order valence-corrected chi connectivity index (χ2v) is 4.65. The van der Waals surface area contributed by atoms with Crippen LogP contribution in [0, 0.1) is 6.92 Å². The first-order valence-electron chi connectivity index (χ1n) is 4.19. The van der Waals surface area contributed by atoms with Crippen molar-refractivity contribution in [2.45, 2.75) is 19.3 Å². The maximum Gasteiger partial charge on any atom is 0.193 e. The van der Waals surface area contributed by atoms with Crippen molar-refractivity contribution in [2.75, 3.05) is 12.5 Å². The average molecular weight is 219 g/mol. The largest absolute Gasteiger partial charge is 0.345 e. The standard InChI is InChI=1S/C9H11ClO2S/c1-6-2-3-8(13-6)9-11-5-7(4-10)12-9/h2-3,7,9H,4-5H2,1H3/t7-,9+/m0/s1. The Balaban J connectivity index is 2.03. The summed E-state index contributed by atoms with van der Waals surface area (Å²) in [4.78, 5) is 2.40. The molecule has 1 aliphatic rings. The lowest BCUT2D eigenvalue weighted by atomic mass is 10.4. The molecule has 2 atom stereocenters. The maximum absolute atomic E-state index is 5.66. The number of alkyl halides is 1. The van der Waals surface area contributed by atoms with Crippen LogP contribution in [-0.4, -0.2) is 18.6 Å². The molecule has 0 unspecified atom stereocenters. The number of halogens is 1. The van der Waals surface area contributed by atoms with Crippen molar-refractivity contribution in [2.24, 2.45) is 0 Å². The Bertz CT molecular complexity index is 287. The van der Waals surface area contributed by atoms with Crippen LogP contribution < -0.4 is 0 Å². The number of aryl methyl sites for hydroxylation is 1. The molecule has 0 bridgehead atoms. The van der Waals surface area contributed by atoms with Gasteiger partial charge < -0.3 is 9.47 Å². The SMILES string of the molecule is Cc1ccc([C@@H]2OC[C@H](CCl)O2)s1. The highest BCUT2D eigenvalue weighted by Gasteiger charge is 2.27. The van der Waals surface area contributed by atoms with E-state index in [0.29, 0.717) is 12.5 Å². The lowest BCUT2D eigenvalue weighted by Gasteiger charge is -2.06. The van der Waals surface area contributed by atoms with Gasteiger partial charge in [-0.2, -0.15) is 0 Å². The zero-order chi connectivity index (χ0) is 9.26. The van der Waals surface area contributed by atoms with Crippen LogP contribution in [0.5, 0.6) is 0 Å². The van der Waals surface area contributed by atoms with Gasteiger partial charge in [-0.05, 0) is 19.1 Å². The van der Waals surface area contributed by atoms with E-state index in [1.807, 2.05) is 6.07 Å². The Kier molecular flexibility index (Phi) is 2.89. The van der Waals surface area contributed by atoms with Crippen molar-refractivity contribution in [1.82, 2.24) is 0 Å². The van der Waals surface area contributed by atoms with Crippen molar-refractivity contribution in [3.63, 3.8) is 0 Å². The Labute approximate surface area is 86.4 Å². The van der Waals surface area contributed by atoms with Gasteiger partial charge in [0.1, 0.15) is 0 Å². The quantitative estimate of drug-likeness (QED) is 0.711. The van der Waals surface area contributed by atoms with Crippen molar-refractivity contribution in [3.05, 3.63) is 21.9 Å². The maximum atomic E-state index is 5.66. The molecule has 0 N–H and O–H groups in total. The summed E-state index contributed by atoms with van der Waals surface area (Å²) in [5, 5.41) is 0. The van der Waals surface area contributed by atoms with Crippen LogP contribution in [0.2, 0.25) is 0 Å². The monoisotopic (exact) mass is 218 g/mol. The van der Waals surface area contributed by atoms with Crippen LogP contribution in [0.3, 0.4) is 0 Å². The van der Waals surface area contributed by atoms with E-state index in [4.69, 9.17) is 21.1 Å². The number of hydrogen-bond acceptors (Lipinski definition) is 3. The van der Waals surface area contributed by atoms with Crippen LogP contribution in [-0.2, 0) is 9.47 Å². The van der Waals surface area contributed by atoms with Gasteiger partial charge in [0.05, 0.1) is 23.5 Å². The number of thiophene rings is 1. The third-order valence-corrected chi connectivity index (χ3v) is 3.28. The molecule has 2 nitrogen and oxygen atoms in total. The molecule has 0 aliphatic carbocycles. The van der Waals surface area contributed by atoms with Gasteiger partial charge in [0.25, 0.3) is 0 Å². The van der Waals surface area contributed by atoms with Crippen molar-refractivity contribution in [3.8, 4) is 0 Å². The molecule has 0 radical (unpaired) electrons. The van der Waals surface area contributed by atoms with E-state index in [1.165, 1.54) is 4.88 Å². The summed E-state index contributed by atoms with van der Waals surface area (Å²) >= 11 is 7.37. The lowest BCUT2D eigenvalue weighted by Crippen LogP contribution is -2.10. The van der Waals surface area contributed by atoms with Crippen LogP contribution in [0.25, 0.3) is 0 Å². The zero-order valence-electron chi connectivity index (χ0n) is 7.33. The highest BCUT2D eigenvalue weighted by Crippen LogP contribution is 2.31. The molecule has 1 aromatic rings. The number of ether oxygens (including phenoxy) is 2. The second kappa shape index (κ2) is 3.96. The van der Waals surface area contributed by atoms with Crippen LogP contribution in [0.15, 0.2) is 12.1 Å². The van der Waals surface area contributed by atoms with E-state index >= 15 is 0 Å². The Hall–Kier alpha value is -0.0900. The van der Waals surface area contributed by atoms with Crippen LogP contribution in [0.1, 0.15) is 16.0 Å². The third kappa shape index (κ3) is 2.05. The average Bonchev–Trinajstić information content (AvgIpc) is 2.71. The fourth-order valence-electron chi connectivity index (χ4n) is 1.26. The minimum atomic E-state index is -0.192. The van der Waals surface area contributed by atoms with Gasteiger partial charge in [-0.1, -0.05) is 0 Å². The Morgan fingerprint density at radius 3 is 3.00 bits per heavy atom. The zero-order valence-corrected chi connectivity index (χ0v) is 8.90. The summed E-state index contributed by atoms with van der Waals surface area (Å²) in [7, 11) is 0. The molecule has 1 aromatic heterocycles. The molecule has 0 aromatic carbocycles. The minimum Gasteiger partial charge on any atom is -0.345 e. The Morgan fingerprint density at radius 1 is 1.62 bits per heavy atom. The summed E-state index contributed by atoms with van der Waals surface area (Å²) in [6.07, 6.45) is -0.142. The third-order valence-electron chi connectivity index (χ3n) is 1.92. The molecule has 13 heavy (non-hydrogen) atoms. The lowest BCUT2D eigenvalue weighted by molar-refractivity contribution is -0.0540. The van der Waals surface area contributed by atoms with Crippen molar-refractivity contribution < 1.29 is 9.47 Å². The van der Waals surface area contributed by atoms with Gasteiger partial charge in [-0.25, -0.2) is 0 Å². The summed E-state index contributed by atoms with van der Waals surface area (Å²) < 4.78 is 11.0. The molecule has 1 fully saturated rings. The predicted octanol–water partition coefficient (Wildman–Crippen LogP) is 2.71. The van der Waals surface area contributed by atoms with E-state index in [-0.39, 0.29) is 12.4 Å². The van der Waals surface area contributed by atoms with E-state index < -0.39 is 0 Å². The summed E-state index contributed by atoms with van der Waals surface area (Å²) in [5.41, 5.74) is 0. The molecular weight excluding hydrogens is 208 g/mol. The van der Waals surface area contributed by atoms with Crippen LogP contribution in [0.4, 0.5) is 0 Å². The van der Waals surface area contributed by atoms with Crippen LogP contribution >= 0.6 is 22.9 Å². The molecule has 4 heteroatoms. The smallest absolute Gasteiger partial charge is 0.193 e. The summed E-state index contributed by atoms with van der Waals surface area (Å²) in [5.74, 6) is 0.501. The summed E-state index contributed by atoms with van der Waals surface area (Å²) in [6, 6.07) is 4.11. The number of hydrogen-bond donors (Lipinski definition) is 0. The van der Waals surface area contributed by atoms with Gasteiger partial charge >= 0.3 is 0 Å². The number of rotatable bonds is 2. The summed E-state index contributed by atoms with van der Waals surface area (Å²) in [6.45, 7) is 2.67. The molecule has 0 saturated carbocycles. The van der Waals surface area contributed by atoms with E-state index in [1.54, 1.807) is 11.3 Å². The fourth-order valence-corrected chi connectivity index (χ4v) is 2.28. The molecule has 1 saturated heterocycles. The molecule has 2 heterocycles. The molecule has 1 aliphatic heterocycles. The highest BCUT2D eigenvalue weighted by molar-refractivity contribution is 7.11. The predicted molar refractivity (Wildman–Crippen MR) is 53.3 cm³/mol. The molecule has 2 rings (SSSR count). The normalized spacial score (nSPS) is 28.2. The second-order valence-electron chi connectivity index (χ2n) is 3.03. The Morgan fingerprint density at radius 2 is 2.46 bits per heavy atom. The van der Waals surface area contributed by atoms with Crippen molar-refractivity contribution in [1.29, 1.82) is 0 Å². The molecule has 0 spiro atoms. The molecule has 72 valence electrons.